The average Bonchev–Trinajstić information content (AvgIpc) is 2.97. The smallest absolute Gasteiger partial charge is 0.323 e. The molecule has 0 spiro atoms. The van der Waals surface area contributed by atoms with E-state index in [9.17, 15) is 9.59 Å². The van der Waals surface area contributed by atoms with Crippen LogP contribution in [0, 0.1) is 0 Å². The van der Waals surface area contributed by atoms with Crippen molar-refractivity contribution in [1.29, 1.82) is 0 Å². The molecule has 0 radical (unpaired) electrons. The number of nitrogens with zero attached hydrogens (tertiary/aromatic N) is 1. The van der Waals surface area contributed by atoms with Gasteiger partial charge in [0.2, 0.25) is 0 Å². The van der Waals surface area contributed by atoms with Crippen LogP contribution in [-0.2, 0) is 20.7 Å². The van der Waals surface area contributed by atoms with Crippen LogP contribution in [0.2, 0.25) is 0 Å². The Morgan fingerprint density at radius 2 is 1.96 bits per heavy atom. The number of methoxy groups -OCH3 is 1. The van der Waals surface area contributed by atoms with Gasteiger partial charge in [0.15, 0.2) is 11.7 Å². The molecule has 0 aliphatic carbocycles. The second-order valence-electron chi connectivity index (χ2n) is 6.67. The van der Waals surface area contributed by atoms with Gasteiger partial charge in [0.25, 0.3) is 0 Å². The van der Waals surface area contributed by atoms with Crippen molar-refractivity contribution >= 4 is 23.1 Å². The fourth-order valence-electron chi connectivity index (χ4n) is 2.98. The van der Waals surface area contributed by atoms with Crippen molar-refractivity contribution in [3.05, 3.63) is 34.8 Å². The number of aryl methyl sites for hydroxylation is 1. The molecule has 1 aromatic heterocycles. The van der Waals surface area contributed by atoms with Gasteiger partial charge < -0.3 is 9.47 Å². The number of hydrogen-bond acceptors (Lipinski definition) is 6. The first-order valence-electron chi connectivity index (χ1n) is 8.24. The summed E-state index contributed by atoms with van der Waals surface area (Å²) in [5.41, 5.74) is 0.735. The predicted octanol–water partition coefficient (Wildman–Crippen LogP) is 3.76. The molecular weight excluding hydrogens is 338 g/mol. The van der Waals surface area contributed by atoms with Gasteiger partial charge in [0.05, 0.1) is 12.8 Å². The van der Waals surface area contributed by atoms with Crippen molar-refractivity contribution in [1.82, 2.24) is 4.98 Å². The molecular formula is C19H21NO4S. The van der Waals surface area contributed by atoms with E-state index in [1.807, 2.05) is 31.2 Å². The Balaban J connectivity index is 1.98. The molecule has 0 bridgehead atoms. The molecule has 25 heavy (non-hydrogen) atoms. The van der Waals surface area contributed by atoms with Gasteiger partial charge in [0, 0.05) is 16.9 Å². The Morgan fingerprint density at radius 3 is 2.52 bits per heavy atom. The van der Waals surface area contributed by atoms with Gasteiger partial charge in [-0.2, -0.15) is 0 Å². The summed E-state index contributed by atoms with van der Waals surface area (Å²) in [6.07, 6.45) is 0.922. The minimum Gasteiger partial charge on any atom is -0.497 e. The fourth-order valence-corrected chi connectivity index (χ4v) is 4.03. The lowest BCUT2D eigenvalue weighted by atomic mass is 9.87. The van der Waals surface area contributed by atoms with E-state index in [4.69, 9.17) is 9.47 Å². The third-order valence-corrected chi connectivity index (χ3v) is 5.46. The van der Waals surface area contributed by atoms with Crippen LogP contribution >= 0.6 is 11.3 Å². The molecule has 1 aromatic carbocycles. The van der Waals surface area contributed by atoms with Crippen LogP contribution in [0.5, 0.6) is 5.75 Å². The number of aromatic nitrogens is 1. The fraction of sp³-hybridized carbons (Fsp3) is 0.421. The summed E-state index contributed by atoms with van der Waals surface area (Å²) in [6, 6.07) is 7.57. The van der Waals surface area contributed by atoms with Crippen LogP contribution < -0.4 is 4.74 Å². The van der Waals surface area contributed by atoms with Gasteiger partial charge in [-0.3, -0.25) is 9.59 Å². The SMILES string of the molecule is CCc1sc(-c2ccc(OC)cc2)nc1C1C(=O)CC(C)(C)OC1=O. The first kappa shape index (κ1) is 17.6. The van der Waals surface area contributed by atoms with E-state index < -0.39 is 17.5 Å². The lowest BCUT2D eigenvalue weighted by Gasteiger charge is -2.32. The Kier molecular flexibility index (Phi) is 4.64. The van der Waals surface area contributed by atoms with Crippen molar-refractivity contribution in [2.45, 2.75) is 45.1 Å². The van der Waals surface area contributed by atoms with Gasteiger partial charge in [-0.15, -0.1) is 11.3 Å². The quantitative estimate of drug-likeness (QED) is 0.614. The average molecular weight is 359 g/mol. The lowest BCUT2D eigenvalue weighted by Crippen LogP contribution is -2.43. The number of hydrogen-bond donors (Lipinski definition) is 0. The summed E-state index contributed by atoms with van der Waals surface area (Å²) in [7, 11) is 1.62. The zero-order valence-electron chi connectivity index (χ0n) is 14.8. The first-order valence-corrected chi connectivity index (χ1v) is 9.06. The standard InChI is InChI=1S/C19H21NO4S/c1-5-14-16(15-13(21)10-19(2,3)24-18(15)22)20-17(25-14)11-6-8-12(23-4)9-7-11/h6-9,15H,5,10H2,1-4H3. The highest BCUT2D eigenvalue weighted by molar-refractivity contribution is 7.15. The van der Waals surface area contributed by atoms with Crippen molar-refractivity contribution in [3.8, 4) is 16.3 Å². The molecule has 132 valence electrons. The van der Waals surface area contributed by atoms with Crippen LogP contribution in [0.4, 0.5) is 0 Å². The maximum atomic E-state index is 12.6. The molecule has 0 saturated carbocycles. The molecule has 3 rings (SSSR count). The Labute approximate surface area is 151 Å². The normalized spacial score (nSPS) is 19.6. The number of rotatable bonds is 4. The first-order chi connectivity index (χ1) is 11.8. The summed E-state index contributed by atoms with van der Waals surface area (Å²) < 4.78 is 10.6. The zero-order chi connectivity index (χ0) is 18.2. The van der Waals surface area contributed by atoms with Crippen molar-refractivity contribution < 1.29 is 19.1 Å². The van der Waals surface area contributed by atoms with Crippen molar-refractivity contribution in [3.63, 3.8) is 0 Å². The maximum Gasteiger partial charge on any atom is 0.323 e. The Bertz CT molecular complexity index is 787. The number of thiazole rings is 1. The number of carbonyl (C=O) groups is 2. The van der Waals surface area contributed by atoms with E-state index in [1.165, 1.54) is 11.3 Å². The molecule has 1 unspecified atom stereocenters. The van der Waals surface area contributed by atoms with E-state index in [-0.39, 0.29) is 12.2 Å². The lowest BCUT2D eigenvalue weighted by molar-refractivity contribution is -0.169. The van der Waals surface area contributed by atoms with E-state index in [1.54, 1.807) is 21.0 Å². The number of carbonyl (C=O) groups excluding carboxylic acids is 2. The molecule has 1 aliphatic rings. The highest BCUT2D eigenvalue weighted by Crippen LogP contribution is 2.38. The summed E-state index contributed by atoms with van der Waals surface area (Å²) in [6.45, 7) is 5.50. The van der Waals surface area contributed by atoms with Crippen LogP contribution in [0.3, 0.4) is 0 Å². The number of Topliss-reactive ketones (excluding diaryl/α,β-unsaturated/α-hetero) is 1. The molecule has 1 aliphatic heterocycles. The van der Waals surface area contributed by atoms with E-state index in [0.29, 0.717) is 12.1 Å². The molecule has 2 heterocycles. The summed E-state index contributed by atoms with van der Waals surface area (Å²) in [4.78, 5) is 30.6. The topological polar surface area (TPSA) is 65.5 Å². The summed E-state index contributed by atoms with van der Waals surface area (Å²) in [5.74, 6) is -0.763. The van der Waals surface area contributed by atoms with Crippen LogP contribution in [0.1, 0.15) is 43.7 Å². The van der Waals surface area contributed by atoms with E-state index in [0.717, 1.165) is 21.2 Å². The maximum absolute atomic E-state index is 12.6. The van der Waals surface area contributed by atoms with Gasteiger partial charge in [-0.1, -0.05) is 6.92 Å². The monoisotopic (exact) mass is 359 g/mol. The van der Waals surface area contributed by atoms with Crippen LogP contribution in [0.25, 0.3) is 10.6 Å². The third kappa shape index (κ3) is 3.44. The third-order valence-electron chi connectivity index (χ3n) is 4.19. The molecule has 1 fully saturated rings. The molecule has 1 atom stereocenters. The van der Waals surface area contributed by atoms with Gasteiger partial charge >= 0.3 is 5.97 Å². The molecule has 0 N–H and O–H groups in total. The second-order valence-corrected chi connectivity index (χ2v) is 7.75. The second kappa shape index (κ2) is 6.59. The minimum absolute atomic E-state index is 0.123. The highest BCUT2D eigenvalue weighted by Gasteiger charge is 2.44. The molecule has 1 saturated heterocycles. The number of esters is 1. The molecule has 5 nitrogen and oxygen atoms in total. The highest BCUT2D eigenvalue weighted by atomic mass is 32.1. The Morgan fingerprint density at radius 1 is 1.28 bits per heavy atom. The van der Waals surface area contributed by atoms with Crippen LogP contribution in [0.15, 0.2) is 24.3 Å². The number of benzene rings is 1. The van der Waals surface area contributed by atoms with Crippen molar-refractivity contribution in [2.24, 2.45) is 0 Å². The van der Waals surface area contributed by atoms with Crippen molar-refractivity contribution in [2.75, 3.05) is 7.11 Å². The number of cyclic esters (lactones) is 1. The molecule has 6 heteroatoms. The van der Waals surface area contributed by atoms with E-state index in [2.05, 4.69) is 4.98 Å². The number of ether oxygens (including phenoxy) is 2. The predicted molar refractivity (Wildman–Crippen MR) is 96.0 cm³/mol. The molecule has 0 amide bonds. The largest absolute Gasteiger partial charge is 0.497 e. The van der Waals surface area contributed by atoms with Crippen LogP contribution in [-0.4, -0.2) is 29.4 Å². The van der Waals surface area contributed by atoms with Gasteiger partial charge in [-0.25, -0.2) is 4.98 Å². The molecule has 2 aromatic rings. The number of ketones is 1. The van der Waals surface area contributed by atoms with Gasteiger partial charge in [0.1, 0.15) is 16.4 Å². The summed E-state index contributed by atoms with van der Waals surface area (Å²) in [5, 5.41) is 0.792. The minimum atomic E-state index is -0.911. The van der Waals surface area contributed by atoms with Gasteiger partial charge in [-0.05, 0) is 44.5 Å². The Hall–Kier alpha value is -2.21. The summed E-state index contributed by atoms with van der Waals surface area (Å²) >= 11 is 1.51. The zero-order valence-corrected chi connectivity index (χ0v) is 15.6. The van der Waals surface area contributed by atoms with E-state index >= 15 is 0 Å².